The first-order valence-electron chi connectivity index (χ1n) is 11.1. The molecule has 0 amide bonds. The summed E-state index contributed by atoms with van der Waals surface area (Å²) < 4.78 is 2.13. The van der Waals surface area contributed by atoms with Gasteiger partial charge in [-0.3, -0.25) is 14.2 Å². The number of carbonyl (C=O) groups is 1. The summed E-state index contributed by atoms with van der Waals surface area (Å²) in [4.78, 5) is 25.4. The SMILES string of the molecule is CN1CCCCC(C(=O)c2cc3cnccc3n3c2nc2ccccc23)CCCC1. The highest BCUT2D eigenvalue weighted by atomic mass is 16.1. The largest absolute Gasteiger partial charge is 0.306 e. The lowest BCUT2D eigenvalue weighted by molar-refractivity contribution is 0.0900. The maximum Gasteiger partial charge on any atom is 0.169 e. The summed E-state index contributed by atoms with van der Waals surface area (Å²) in [5, 5.41) is 0.984. The number of benzene rings is 1. The molecule has 0 atom stereocenters. The minimum absolute atomic E-state index is 0.0751. The molecular weight excluding hydrogens is 372 g/mol. The fourth-order valence-electron chi connectivity index (χ4n) is 4.85. The highest BCUT2D eigenvalue weighted by Crippen LogP contribution is 2.30. The Balaban J connectivity index is 1.61. The van der Waals surface area contributed by atoms with E-state index in [1.54, 1.807) is 6.20 Å². The molecule has 0 unspecified atom stereocenters. The van der Waals surface area contributed by atoms with Crippen molar-refractivity contribution in [2.75, 3.05) is 20.1 Å². The van der Waals surface area contributed by atoms with Crippen LogP contribution in [0.4, 0.5) is 0 Å². The van der Waals surface area contributed by atoms with E-state index in [9.17, 15) is 4.79 Å². The lowest BCUT2D eigenvalue weighted by Crippen LogP contribution is -2.24. The molecule has 154 valence electrons. The summed E-state index contributed by atoms with van der Waals surface area (Å²) in [5.74, 6) is 0.320. The van der Waals surface area contributed by atoms with Crippen LogP contribution in [0.1, 0.15) is 48.9 Å². The average molecular weight is 401 g/mol. The summed E-state index contributed by atoms with van der Waals surface area (Å²) in [5.41, 5.74) is 4.51. The fraction of sp³-hybridized carbons (Fsp3) is 0.400. The zero-order valence-corrected chi connectivity index (χ0v) is 17.6. The minimum atomic E-state index is 0.0751. The molecule has 0 bridgehead atoms. The first-order valence-corrected chi connectivity index (χ1v) is 11.1. The van der Waals surface area contributed by atoms with Crippen molar-refractivity contribution in [2.24, 2.45) is 5.92 Å². The first kappa shape index (κ1) is 19.2. The smallest absolute Gasteiger partial charge is 0.169 e. The number of fused-ring (bicyclic) bond motifs is 5. The van der Waals surface area contributed by atoms with Crippen LogP contribution in [0.3, 0.4) is 0 Å². The average Bonchev–Trinajstić information content (AvgIpc) is 3.17. The van der Waals surface area contributed by atoms with Gasteiger partial charge in [0, 0.05) is 23.7 Å². The molecule has 4 heterocycles. The van der Waals surface area contributed by atoms with Crippen LogP contribution in [0.2, 0.25) is 0 Å². The van der Waals surface area contributed by atoms with Crippen LogP contribution in [0.5, 0.6) is 0 Å². The quantitative estimate of drug-likeness (QED) is 0.438. The number of hydrogen-bond donors (Lipinski definition) is 0. The van der Waals surface area contributed by atoms with Gasteiger partial charge in [-0.1, -0.05) is 25.0 Å². The van der Waals surface area contributed by atoms with Gasteiger partial charge in [0.05, 0.1) is 22.1 Å². The Hall–Kier alpha value is -2.79. The lowest BCUT2D eigenvalue weighted by atomic mass is 9.87. The molecule has 5 rings (SSSR count). The van der Waals surface area contributed by atoms with Crippen molar-refractivity contribution in [2.45, 2.75) is 38.5 Å². The number of nitrogens with zero attached hydrogens (tertiary/aromatic N) is 4. The third-order valence-electron chi connectivity index (χ3n) is 6.49. The molecule has 1 aromatic carbocycles. The second kappa shape index (κ2) is 8.15. The van der Waals surface area contributed by atoms with Gasteiger partial charge in [-0.05, 0) is 70.1 Å². The monoisotopic (exact) mass is 400 g/mol. The van der Waals surface area contributed by atoms with Gasteiger partial charge >= 0.3 is 0 Å². The van der Waals surface area contributed by atoms with Gasteiger partial charge in [-0.2, -0.15) is 0 Å². The molecule has 0 N–H and O–H groups in total. The number of hydrogen-bond acceptors (Lipinski definition) is 4. The molecule has 1 fully saturated rings. The number of imidazole rings is 1. The normalized spacial score (nSPS) is 17.6. The van der Waals surface area contributed by atoms with E-state index in [1.165, 1.54) is 0 Å². The number of carbonyl (C=O) groups excluding carboxylic acids is 1. The summed E-state index contributed by atoms with van der Waals surface area (Å²) in [6.45, 7) is 2.25. The maximum atomic E-state index is 13.8. The number of ketones is 1. The second-order valence-electron chi connectivity index (χ2n) is 8.61. The molecule has 1 saturated heterocycles. The fourth-order valence-corrected chi connectivity index (χ4v) is 4.85. The molecule has 0 spiro atoms. The van der Waals surface area contributed by atoms with E-state index in [2.05, 4.69) is 27.4 Å². The Labute approximate surface area is 176 Å². The zero-order valence-electron chi connectivity index (χ0n) is 17.6. The number of aromatic nitrogens is 3. The summed E-state index contributed by atoms with van der Waals surface area (Å²) in [7, 11) is 2.20. The Kier molecular flexibility index (Phi) is 5.21. The predicted octanol–water partition coefficient (Wildman–Crippen LogP) is 5.12. The van der Waals surface area contributed by atoms with E-state index in [0.29, 0.717) is 0 Å². The number of rotatable bonds is 2. The van der Waals surface area contributed by atoms with E-state index >= 15 is 0 Å². The highest BCUT2D eigenvalue weighted by Gasteiger charge is 2.25. The van der Waals surface area contributed by atoms with Crippen LogP contribution in [0.15, 0.2) is 48.8 Å². The zero-order chi connectivity index (χ0) is 20.5. The standard InChI is InChI=1S/C25H28N4O/c1-28-14-6-4-8-18(9-5-7-15-28)24(30)20-16-19-17-26-13-12-22(19)29-23-11-3-2-10-21(23)27-25(20)29/h2-3,10-13,16-18H,4-9,14-15H2,1H3. The predicted molar refractivity (Wildman–Crippen MR) is 121 cm³/mol. The van der Waals surface area contributed by atoms with Gasteiger partial charge in [0.2, 0.25) is 0 Å². The van der Waals surface area contributed by atoms with Gasteiger partial charge in [-0.15, -0.1) is 0 Å². The molecule has 0 saturated carbocycles. The van der Waals surface area contributed by atoms with E-state index in [0.717, 1.165) is 84.8 Å². The van der Waals surface area contributed by atoms with Gasteiger partial charge in [0.1, 0.15) is 5.65 Å². The first-order chi connectivity index (χ1) is 14.7. The van der Waals surface area contributed by atoms with E-state index in [-0.39, 0.29) is 11.7 Å². The van der Waals surface area contributed by atoms with Crippen molar-refractivity contribution in [3.63, 3.8) is 0 Å². The van der Waals surface area contributed by atoms with Gasteiger partial charge in [0.15, 0.2) is 5.78 Å². The Morgan fingerprint density at radius 2 is 1.77 bits per heavy atom. The van der Waals surface area contributed by atoms with Gasteiger partial charge in [0.25, 0.3) is 0 Å². The number of Topliss-reactive ketones (excluding diaryl/α,β-unsaturated/α-hetero) is 1. The summed E-state index contributed by atoms with van der Waals surface area (Å²) in [6, 6.07) is 12.1. The molecule has 1 aliphatic heterocycles. The van der Waals surface area contributed by atoms with Crippen LogP contribution in [0.25, 0.3) is 27.6 Å². The minimum Gasteiger partial charge on any atom is -0.306 e. The Bertz CT molecular complexity index is 1200. The van der Waals surface area contributed by atoms with E-state index < -0.39 is 0 Å². The molecular formula is C25H28N4O. The highest BCUT2D eigenvalue weighted by molar-refractivity contribution is 6.07. The molecule has 0 aliphatic carbocycles. The van der Waals surface area contributed by atoms with Crippen LogP contribution in [-0.4, -0.2) is 45.2 Å². The van der Waals surface area contributed by atoms with Gasteiger partial charge < -0.3 is 4.90 Å². The van der Waals surface area contributed by atoms with Crippen molar-refractivity contribution in [3.8, 4) is 0 Å². The number of pyridine rings is 2. The lowest BCUT2D eigenvalue weighted by Gasteiger charge is -2.22. The molecule has 3 aromatic heterocycles. The van der Waals surface area contributed by atoms with E-state index in [4.69, 9.17) is 4.98 Å². The van der Waals surface area contributed by atoms with Gasteiger partial charge in [-0.25, -0.2) is 4.98 Å². The third kappa shape index (κ3) is 3.47. The van der Waals surface area contributed by atoms with Crippen LogP contribution < -0.4 is 0 Å². The maximum absolute atomic E-state index is 13.8. The van der Waals surface area contributed by atoms with Crippen molar-refractivity contribution in [3.05, 3.63) is 54.4 Å². The summed E-state index contributed by atoms with van der Waals surface area (Å²) in [6.07, 6.45) is 10.1. The Morgan fingerprint density at radius 3 is 2.57 bits per heavy atom. The Morgan fingerprint density at radius 1 is 1.00 bits per heavy atom. The van der Waals surface area contributed by atoms with Crippen molar-refractivity contribution < 1.29 is 4.79 Å². The topological polar surface area (TPSA) is 50.5 Å². The molecule has 1 aliphatic rings. The molecule has 4 aromatic rings. The van der Waals surface area contributed by atoms with Crippen molar-refractivity contribution in [1.29, 1.82) is 0 Å². The van der Waals surface area contributed by atoms with Crippen LogP contribution >= 0.6 is 0 Å². The van der Waals surface area contributed by atoms with Crippen molar-refractivity contribution in [1.82, 2.24) is 19.3 Å². The number of para-hydroxylation sites is 2. The van der Waals surface area contributed by atoms with Crippen LogP contribution in [0, 0.1) is 5.92 Å². The summed E-state index contributed by atoms with van der Waals surface area (Å²) >= 11 is 0. The van der Waals surface area contributed by atoms with E-state index in [1.807, 2.05) is 36.5 Å². The molecule has 30 heavy (non-hydrogen) atoms. The van der Waals surface area contributed by atoms with Crippen LogP contribution in [-0.2, 0) is 0 Å². The molecule has 5 heteroatoms. The second-order valence-corrected chi connectivity index (χ2v) is 8.61. The molecule has 5 nitrogen and oxygen atoms in total. The third-order valence-corrected chi connectivity index (χ3v) is 6.49. The van der Waals surface area contributed by atoms with Crippen molar-refractivity contribution >= 4 is 33.4 Å². The molecule has 0 radical (unpaired) electrons.